The standard InChI is InChI=1S/C24H27NO4/c1-2-19(26)14-16-10-12-17(13-11-16)15-22(24(28)29)25-23(27)21-9-5-7-18-6-3-4-8-20(18)21/h5,7,9-13,22H,2-4,6,8,14-15H2,1H3,(H,25,27)(H,28,29)/t22-/m1/s1. The second kappa shape index (κ2) is 9.50. The van der Waals surface area contributed by atoms with Crippen molar-refractivity contribution in [2.24, 2.45) is 0 Å². The highest BCUT2D eigenvalue weighted by atomic mass is 16.4. The largest absolute Gasteiger partial charge is 0.480 e. The molecule has 0 heterocycles. The van der Waals surface area contributed by atoms with Gasteiger partial charge in [0.25, 0.3) is 5.91 Å². The number of hydrogen-bond acceptors (Lipinski definition) is 3. The molecule has 0 unspecified atom stereocenters. The normalized spacial score (nSPS) is 14.0. The summed E-state index contributed by atoms with van der Waals surface area (Å²) < 4.78 is 0. The van der Waals surface area contributed by atoms with Crippen molar-refractivity contribution >= 4 is 17.7 Å². The van der Waals surface area contributed by atoms with Gasteiger partial charge >= 0.3 is 5.97 Å². The van der Waals surface area contributed by atoms with Gasteiger partial charge < -0.3 is 10.4 Å². The number of carboxylic acids is 1. The third-order valence-electron chi connectivity index (χ3n) is 5.50. The van der Waals surface area contributed by atoms with Gasteiger partial charge in [-0.25, -0.2) is 4.79 Å². The molecule has 2 N–H and O–H groups in total. The van der Waals surface area contributed by atoms with E-state index in [1.165, 1.54) is 5.56 Å². The first-order chi connectivity index (χ1) is 14.0. The van der Waals surface area contributed by atoms with Crippen LogP contribution in [0.5, 0.6) is 0 Å². The number of fused-ring (bicyclic) bond motifs is 1. The van der Waals surface area contributed by atoms with E-state index >= 15 is 0 Å². The predicted octanol–water partition coefficient (Wildman–Crippen LogP) is 3.51. The SMILES string of the molecule is CCC(=O)Cc1ccc(C[C@@H](NC(=O)c2cccc3c2CCCC3)C(=O)O)cc1. The van der Waals surface area contributed by atoms with Crippen molar-refractivity contribution < 1.29 is 19.5 Å². The van der Waals surface area contributed by atoms with Gasteiger partial charge in [-0.1, -0.05) is 43.3 Å². The molecular weight excluding hydrogens is 366 g/mol. The van der Waals surface area contributed by atoms with Gasteiger partial charge in [0.1, 0.15) is 11.8 Å². The quantitative estimate of drug-likeness (QED) is 0.719. The van der Waals surface area contributed by atoms with Crippen LogP contribution in [-0.4, -0.2) is 28.8 Å². The van der Waals surface area contributed by atoms with Crippen LogP contribution in [0.3, 0.4) is 0 Å². The van der Waals surface area contributed by atoms with Crippen LogP contribution in [0.4, 0.5) is 0 Å². The van der Waals surface area contributed by atoms with Gasteiger partial charge in [-0.2, -0.15) is 0 Å². The number of nitrogens with one attached hydrogen (secondary N) is 1. The number of Topliss-reactive ketones (excluding diaryl/α,β-unsaturated/α-hetero) is 1. The Hall–Kier alpha value is -2.95. The molecule has 5 heteroatoms. The zero-order valence-electron chi connectivity index (χ0n) is 16.7. The fourth-order valence-electron chi connectivity index (χ4n) is 3.81. The van der Waals surface area contributed by atoms with Gasteiger partial charge in [-0.3, -0.25) is 9.59 Å². The first kappa shape index (κ1) is 20.8. The predicted molar refractivity (Wildman–Crippen MR) is 111 cm³/mol. The Bertz CT molecular complexity index is 902. The van der Waals surface area contributed by atoms with Crippen molar-refractivity contribution in [3.8, 4) is 0 Å². The van der Waals surface area contributed by atoms with E-state index in [0.717, 1.165) is 42.4 Å². The van der Waals surface area contributed by atoms with Crippen LogP contribution in [0.1, 0.15) is 58.8 Å². The molecule has 3 rings (SSSR count). The Morgan fingerprint density at radius 3 is 2.38 bits per heavy atom. The maximum atomic E-state index is 12.8. The Kier molecular flexibility index (Phi) is 6.81. The lowest BCUT2D eigenvalue weighted by atomic mass is 9.88. The van der Waals surface area contributed by atoms with Gasteiger partial charge in [0.05, 0.1) is 0 Å². The Morgan fingerprint density at radius 1 is 1.00 bits per heavy atom. The first-order valence-corrected chi connectivity index (χ1v) is 10.2. The molecule has 1 aliphatic carbocycles. The number of amides is 1. The van der Waals surface area contributed by atoms with Gasteiger partial charge in [0.15, 0.2) is 0 Å². The van der Waals surface area contributed by atoms with Crippen molar-refractivity contribution in [2.45, 2.75) is 57.9 Å². The van der Waals surface area contributed by atoms with Gasteiger partial charge in [0, 0.05) is 24.8 Å². The van der Waals surface area contributed by atoms with E-state index in [4.69, 9.17) is 0 Å². The molecule has 0 saturated heterocycles. The number of ketones is 1. The minimum Gasteiger partial charge on any atom is -0.480 e. The second-order valence-corrected chi connectivity index (χ2v) is 7.60. The Morgan fingerprint density at radius 2 is 1.69 bits per heavy atom. The van der Waals surface area contributed by atoms with Crippen molar-refractivity contribution in [1.82, 2.24) is 5.32 Å². The minimum atomic E-state index is -1.06. The van der Waals surface area contributed by atoms with Crippen LogP contribution in [0, 0.1) is 0 Å². The third kappa shape index (κ3) is 5.31. The van der Waals surface area contributed by atoms with Crippen molar-refractivity contribution in [2.75, 3.05) is 0 Å². The summed E-state index contributed by atoms with van der Waals surface area (Å²) in [6.07, 6.45) is 5.06. The molecule has 152 valence electrons. The lowest BCUT2D eigenvalue weighted by molar-refractivity contribution is -0.139. The zero-order chi connectivity index (χ0) is 20.8. The molecule has 1 atom stereocenters. The molecule has 0 radical (unpaired) electrons. The number of aryl methyl sites for hydroxylation is 1. The first-order valence-electron chi connectivity index (χ1n) is 10.2. The molecule has 0 fully saturated rings. The molecule has 29 heavy (non-hydrogen) atoms. The molecule has 0 saturated carbocycles. The van der Waals surface area contributed by atoms with Crippen molar-refractivity contribution in [1.29, 1.82) is 0 Å². The summed E-state index contributed by atoms with van der Waals surface area (Å²) in [6, 6.07) is 12.0. The van der Waals surface area contributed by atoms with Crippen LogP contribution in [0.15, 0.2) is 42.5 Å². The van der Waals surface area contributed by atoms with Crippen molar-refractivity contribution in [3.05, 3.63) is 70.3 Å². The molecule has 5 nitrogen and oxygen atoms in total. The fourth-order valence-corrected chi connectivity index (χ4v) is 3.81. The number of benzene rings is 2. The van der Waals surface area contributed by atoms with E-state index in [1.54, 1.807) is 6.07 Å². The molecule has 2 aromatic carbocycles. The number of carbonyl (C=O) groups is 3. The number of hydrogen-bond donors (Lipinski definition) is 2. The second-order valence-electron chi connectivity index (χ2n) is 7.60. The summed E-state index contributed by atoms with van der Waals surface area (Å²) in [5, 5.41) is 12.3. The molecule has 2 aromatic rings. The number of carbonyl (C=O) groups excluding carboxylic acids is 2. The summed E-state index contributed by atoms with van der Waals surface area (Å²) in [5.41, 5.74) is 4.54. The highest BCUT2D eigenvalue weighted by Gasteiger charge is 2.24. The van der Waals surface area contributed by atoms with E-state index in [2.05, 4.69) is 5.32 Å². The third-order valence-corrected chi connectivity index (χ3v) is 5.50. The lowest BCUT2D eigenvalue weighted by Crippen LogP contribution is -2.42. The maximum absolute atomic E-state index is 12.8. The van der Waals surface area contributed by atoms with Crippen LogP contribution in [0.2, 0.25) is 0 Å². The van der Waals surface area contributed by atoms with E-state index in [-0.39, 0.29) is 18.1 Å². The fraction of sp³-hybridized carbons (Fsp3) is 0.375. The van der Waals surface area contributed by atoms with Crippen LogP contribution in [0.25, 0.3) is 0 Å². The Labute approximate surface area is 171 Å². The van der Waals surface area contributed by atoms with Gasteiger partial charge in [0.2, 0.25) is 0 Å². The summed E-state index contributed by atoms with van der Waals surface area (Å²) in [5.74, 6) is -1.23. The van der Waals surface area contributed by atoms with E-state index < -0.39 is 12.0 Å². The molecule has 0 bridgehead atoms. The van der Waals surface area contributed by atoms with E-state index in [1.807, 2.05) is 43.3 Å². The molecule has 0 aliphatic heterocycles. The van der Waals surface area contributed by atoms with Crippen LogP contribution >= 0.6 is 0 Å². The number of rotatable bonds is 8. The minimum absolute atomic E-state index is 0.166. The van der Waals surface area contributed by atoms with Gasteiger partial charge in [-0.15, -0.1) is 0 Å². The van der Waals surface area contributed by atoms with E-state index in [9.17, 15) is 19.5 Å². The van der Waals surface area contributed by atoms with Crippen molar-refractivity contribution in [3.63, 3.8) is 0 Å². The number of aliphatic carboxylic acids is 1. The molecule has 0 aromatic heterocycles. The molecular formula is C24H27NO4. The zero-order valence-corrected chi connectivity index (χ0v) is 16.7. The Balaban J connectivity index is 1.70. The van der Waals surface area contributed by atoms with E-state index in [0.29, 0.717) is 18.4 Å². The average molecular weight is 393 g/mol. The highest BCUT2D eigenvalue weighted by molar-refractivity contribution is 5.98. The summed E-state index contributed by atoms with van der Waals surface area (Å²) in [7, 11) is 0. The summed E-state index contributed by atoms with van der Waals surface area (Å²) in [4.78, 5) is 36.1. The molecule has 1 aliphatic rings. The number of carboxylic acid groups (broad SMARTS) is 1. The van der Waals surface area contributed by atoms with Gasteiger partial charge in [-0.05, 0) is 54.0 Å². The molecule has 0 spiro atoms. The topological polar surface area (TPSA) is 83.5 Å². The van der Waals surface area contributed by atoms with Crippen LogP contribution < -0.4 is 5.32 Å². The van der Waals surface area contributed by atoms with Crippen LogP contribution in [-0.2, 0) is 35.3 Å². The smallest absolute Gasteiger partial charge is 0.326 e. The average Bonchev–Trinajstić information content (AvgIpc) is 2.73. The summed E-state index contributed by atoms with van der Waals surface area (Å²) in [6.45, 7) is 1.83. The maximum Gasteiger partial charge on any atom is 0.326 e. The highest BCUT2D eigenvalue weighted by Crippen LogP contribution is 2.24. The summed E-state index contributed by atoms with van der Waals surface area (Å²) >= 11 is 0. The lowest BCUT2D eigenvalue weighted by Gasteiger charge is -2.20. The molecule has 1 amide bonds. The monoisotopic (exact) mass is 393 g/mol.